The van der Waals surface area contributed by atoms with Crippen LogP contribution in [0.15, 0.2) is 133 Å². The number of halogens is 1. The number of likely N-dealkylation sites (N-methyl/N-ethyl adjacent to an activating group) is 1. The van der Waals surface area contributed by atoms with Crippen LogP contribution in [0.25, 0.3) is 22.0 Å². The molecule has 1 atom stereocenters. The molecular weight excluding hydrogens is 627 g/mol. The van der Waals surface area contributed by atoms with Crippen LogP contribution in [0.1, 0.15) is 56.8 Å². The lowest BCUT2D eigenvalue weighted by molar-refractivity contribution is -0.132. The predicted molar refractivity (Wildman–Crippen MR) is 195 cm³/mol. The summed E-state index contributed by atoms with van der Waals surface area (Å²) in [5, 5.41) is 6.53. The molecule has 0 unspecified atom stereocenters. The monoisotopic (exact) mass is 664 g/mol. The first-order valence-corrected chi connectivity index (χ1v) is 16.5. The number of nitrogens with zero attached hydrogens (tertiary/aromatic N) is 2. The highest BCUT2D eigenvalue weighted by Gasteiger charge is 2.26. The zero-order chi connectivity index (χ0) is 35.0. The maximum atomic E-state index is 13.7. The van der Waals surface area contributed by atoms with Gasteiger partial charge in [0.05, 0.1) is 5.52 Å². The van der Waals surface area contributed by atoms with E-state index in [0.717, 1.165) is 29.5 Å². The number of rotatable bonds is 11. The summed E-state index contributed by atoms with van der Waals surface area (Å²) in [5.41, 5.74) is 5.93. The Bertz CT molecular complexity index is 2130. The molecule has 0 bridgehead atoms. The third-order valence-corrected chi connectivity index (χ3v) is 8.53. The second-order valence-electron chi connectivity index (χ2n) is 12.2. The standard InChI is InChI=1S/C42H37FN4O3/c1-3-9-28-14-18-30(19-15-28)35-12-7-8-13-36(35)41(49)45-38-25-21-32-26-33(20-24-37(32)44-38)40(48)46-39(31-10-5-4-6-11-31)42(50)47(2)27-29-16-22-34(43)23-17-29/h4-8,10-26,39H,3,9,27H2,1-2H3,(H,46,48)(H,44,45,49)/t39-/m0/s1. The Hall–Kier alpha value is -6.15. The second-order valence-corrected chi connectivity index (χ2v) is 12.2. The van der Waals surface area contributed by atoms with Gasteiger partial charge in [-0.15, -0.1) is 0 Å². The van der Waals surface area contributed by atoms with Crippen LogP contribution in [0.5, 0.6) is 0 Å². The molecule has 8 heteroatoms. The summed E-state index contributed by atoms with van der Waals surface area (Å²) >= 11 is 0. The van der Waals surface area contributed by atoms with E-state index < -0.39 is 11.9 Å². The largest absolute Gasteiger partial charge is 0.339 e. The van der Waals surface area contributed by atoms with Crippen molar-refractivity contribution >= 4 is 34.4 Å². The highest BCUT2D eigenvalue weighted by molar-refractivity contribution is 6.09. The summed E-state index contributed by atoms with van der Waals surface area (Å²) in [6, 6.07) is 38.4. The number of pyridine rings is 1. The lowest BCUT2D eigenvalue weighted by atomic mass is 9.97. The number of hydrogen-bond donors (Lipinski definition) is 2. The first-order valence-electron chi connectivity index (χ1n) is 16.5. The molecule has 3 amide bonds. The van der Waals surface area contributed by atoms with E-state index in [1.165, 1.54) is 22.6 Å². The molecule has 0 spiro atoms. The van der Waals surface area contributed by atoms with Gasteiger partial charge in [-0.2, -0.15) is 0 Å². The van der Waals surface area contributed by atoms with Crippen LogP contribution in [0.3, 0.4) is 0 Å². The maximum absolute atomic E-state index is 13.7. The molecule has 0 aliphatic rings. The molecule has 7 nitrogen and oxygen atoms in total. The minimum Gasteiger partial charge on any atom is -0.339 e. The molecular formula is C42H37FN4O3. The number of aryl methyl sites for hydroxylation is 1. The molecule has 1 heterocycles. The molecule has 1 aromatic heterocycles. The van der Waals surface area contributed by atoms with Gasteiger partial charge in [-0.1, -0.05) is 98.3 Å². The van der Waals surface area contributed by atoms with E-state index in [9.17, 15) is 18.8 Å². The Morgan fingerprint density at radius 2 is 1.46 bits per heavy atom. The van der Waals surface area contributed by atoms with Gasteiger partial charge in [-0.05, 0) is 82.8 Å². The summed E-state index contributed by atoms with van der Waals surface area (Å²) in [5.74, 6) is -0.990. The van der Waals surface area contributed by atoms with Gasteiger partial charge in [0.15, 0.2) is 0 Å². The molecule has 0 saturated heterocycles. The quantitative estimate of drug-likeness (QED) is 0.146. The Balaban J connectivity index is 1.17. The molecule has 50 heavy (non-hydrogen) atoms. The van der Waals surface area contributed by atoms with Crippen molar-refractivity contribution in [2.45, 2.75) is 32.4 Å². The SMILES string of the molecule is CCCc1ccc(-c2ccccc2C(=O)Nc2ccc3cc(C(=O)N[C@H](C(=O)N(C)Cc4ccc(F)cc4)c4ccccc4)ccc3n2)cc1. The highest BCUT2D eigenvalue weighted by atomic mass is 19.1. The van der Waals surface area contributed by atoms with Crippen molar-refractivity contribution in [2.75, 3.05) is 12.4 Å². The van der Waals surface area contributed by atoms with Gasteiger partial charge in [0.1, 0.15) is 17.7 Å². The van der Waals surface area contributed by atoms with Gasteiger partial charge in [0.25, 0.3) is 11.8 Å². The summed E-state index contributed by atoms with van der Waals surface area (Å²) < 4.78 is 13.4. The fourth-order valence-corrected chi connectivity index (χ4v) is 5.90. The number of aromatic nitrogens is 1. The minimum absolute atomic E-state index is 0.247. The number of hydrogen-bond acceptors (Lipinski definition) is 4. The number of nitrogens with one attached hydrogen (secondary N) is 2. The average Bonchev–Trinajstić information content (AvgIpc) is 3.15. The smallest absolute Gasteiger partial charge is 0.257 e. The number of carbonyl (C=O) groups excluding carboxylic acids is 3. The van der Waals surface area contributed by atoms with Crippen LogP contribution in [0.2, 0.25) is 0 Å². The second kappa shape index (κ2) is 15.4. The van der Waals surface area contributed by atoms with Gasteiger partial charge in [0, 0.05) is 30.1 Å². The van der Waals surface area contributed by atoms with Gasteiger partial charge in [-0.3, -0.25) is 14.4 Å². The van der Waals surface area contributed by atoms with E-state index in [1.807, 2.05) is 48.5 Å². The Morgan fingerprint density at radius 3 is 2.20 bits per heavy atom. The third kappa shape index (κ3) is 7.93. The molecule has 250 valence electrons. The summed E-state index contributed by atoms with van der Waals surface area (Å²) in [7, 11) is 1.65. The molecule has 0 fully saturated rings. The van der Waals surface area contributed by atoms with Crippen LogP contribution in [0.4, 0.5) is 10.2 Å². The molecule has 0 aliphatic heterocycles. The topological polar surface area (TPSA) is 91.4 Å². The van der Waals surface area contributed by atoms with Crippen LogP contribution >= 0.6 is 0 Å². The first kappa shape index (κ1) is 33.7. The van der Waals surface area contributed by atoms with E-state index in [4.69, 9.17) is 0 Å². The van der Waals surface area contributed by atoms with Crippen LogP contribution in [-0.2, 0) is 17.8 Å². The van der Waals surface area contributed by atoms with Gasteiger partial charge >= 0.3 is 0 Å². The fourth-order valence-electron chi connectivity index (χ4n) is 5.90. The first-order chi connectivity index (χ1) is 24.3. The fraction of sp³-hybridized carbons (Fsp3) is 0.143. The van der Waals surface area contributed by atoms with E-state index in [-0.39, 0.29) is 24.2 Å². The molecule has 6 rings (SSSR count). The molecule has 0 saturated carbocycles. The zero-order valence-corrected chi connectivity index (χ0v) is 27.9. The normalized spacial score (nSPS) is 11.5. The Morgan fingerprint density at radius 1 is 0.760 bits per heavy atom. The Kier molecular flexibility index (Phi) is 10.4. The highest BCUT2D eigenvalue weighted by Crippen LogP contribution is 2.26. The Labute approximate surface area is 290 Å². The zero-order valence-electron chi connectivity index (χ0n) is 27.9. The molecule has 0 radical (unpaired) electrons. The number of anilines is 1. The number of amides is 3. The van der Waals surface area contributed by atoms with E-state index in [0.29, 0.717) is 33.4 Å². The lowest BCUT2D eigenvalue weighted by Crippen LogP contribution is -2.41. The molecule has 2 N–H and O–H groups in total. The molecule has 6 aromatic rings. The summed E-state index contributed by atoms with van der Waals surface area (Å²) in [4.78, 5) is 46.8. The number of fused-ring (bicyclic) bond motifs is 1. The molecule has 0 aliphatic carbocycles. The van der Waals surface area contributed by atoms with Gasteiger partial charge < -0.3 is 15.5 Å². The summed E-state index contributed by atoms with van der Waals surface area (Å²) in [6.45, 7) is 2.40. The van der Waals surface area contributed by atoms with Crippen LogP contribution in [0, 0.1) is 5.82 Å². The maximum Gasteiger partial charge on any atom is 0.257 e. The van der Waals surface area contributed by atoms with Crippen molar-refractivity contribution in [3.8, 4) is 11.1 Å². The van der Waals surface area contributed by atoms with E-state index >= 15 is 0 Å². The van der Waals surface area contributed by atoms with Crippen molar-refractivity contribution in [1.82, 2.24) is 15.2 Å². The van der Waals surface area contributed by atoms with Crippen molar-refractivity contribution in [3.05, 3.63) is 167 Å². The average molecular weight is 665 g/mol. The van der Waals surface area contributed by atoms with Crippen molar-refractivity contribution < 1.29 is 18.8 Å². The van der Waals surface area contributed by atoms with Crippen LogP contribution < -0.4 is 10.6 Å². The molecule has 5 aromatic carbocycles. The minimum atomic E-state index is -0.947. The summed E-state index contributed by atoms with van der Waals surface area (Å²) in [6.07, 6.45) is 2.08. The third-order valence-electron chi connectivity index (χ3n) is 8.53. The van der Waals surface area contributed by atoms with Crippen molar-refractivity contribution in [3.63, 3.8) is 0 Å². The van der Waals surface area contributed by atoms with E-state index in [1.54, 1.807) is 67.7 Å². The number of carbonyl (C=O) groups is 3. The van der Waals surface area contributed by atoms with Crippen molar-refractivity contribution in [1.29, 1.82) is 0 Å². The van der Waals surface area contributed by atoms with Gasteiger partial charge in [-0.25, -0.2) is 9.37 Å². The lowest BCUT2D eigenvalue weighted by Gasteiger charge is -2.25. The predicted octanol–water partition coefficient (Wildman–Crippen LogP) is 8.38. The number of benzene rings is 5. The van der Waals surface area contributed by atoms with E-state index in [2.05, 4.69) is 34.7 Å². The van der Waals surface area contributed by atoms with Crippen molar-refractivity contribution in [2.24, 2.45) is 0 Å². The van der Waals surface area contributed by atoms with Gasteiger partial charge in [0.2, 0.25) is 5.91 Å². The van der Waals surface area contributed by atoms with Crippen LogP contribution in [-0.4, -0.2) is 34.7 Å².